The number of carbonyl (C=O) groups is 2. The topological polar surface area (TPSA) is 78.4 Å². The Bertz CT molecular complexity index is 519. The van der Waals surface area contributed by atoms with E-state index in [1.807, 2.05) is 45.9 Å². The monoisotopic (exact) mass is 320 g/mol. The number of aryl methyl sites for hydroxylation is 2. The Morgan fingerprint density at radius 1 is 1.09 bits per heavy atom. The van der Waals surface area contributed by atoms with Crippen LogP contribution >= 0.6 is 0 Å². The average Bonchev–Trinajstić information content (AvgIpc) is 2.54. The first-order chi connectivity index (χ1) is 10.9. The highest BCUT2D eigenvalue weighted by Crippen LogP contribution is 2.22. The Morgan fingerprint density at radius 3 is 2.09 bits per heavy atom. The van der Waals surface area contributed by atoms with E-state index in [0.717, 1.165) is 29.7 Å². The van der Waals surface area contributed by atoms with Gasteiger partial charge in [0.1, 0.15) is 0 Å². The summed E-state index contributed by atoms with van der Waals surface area (Å²) in [4.78, 5) is 24.4. The first kappa shape index (κ1) is 19.2. The maximum absolute atomic E-state index is 12.2. The Balaban J connectivity index is 2.85. The third kappa shape index (κ3) is 5.36. The molecule has 0 heterocycles. The number of aliphatic hydroxyl groups is 1. The molecule has 23 heavy (non-hydrogen) atoms. The van der Waals surface area contributed by atoms with E-state index in [2.05, 4.69) is 10.6 Å². The molecular weight excluding hydrogens is 292 g/mol. The second-order valence-corrected chi connectivity index (χ2v) is 5.95. The van der Waals surface area contributed by atoms with Gasteiger partial charge in [0.25, 0.3) is 0 Å². The molecule has 1 rings (SSSR count). The predicted octanol–water partition coefficient (Wildman–Crippen LogP) is 2.27. The molecule has 3 N–H and O–H groups in total. The van der Waals surface area contributed by atoms with Crippen LogP contribution in [0, 0.1) is 5.92 Å². The number of para-hydroxylation sites is 1. The van der Waals surface area contributed by atoms with Crippen molar-refractivity contribution >= 4 is 17.5 Å². The third-order valence-electron chi connectivity index (χ3n) is 4.00. The normalized spacial score (nSPS) is 12.1. The van der Waals surface area contributed by atoms with Crippen LogP contribution in [-0.2, 0) is 22.4 Å². The van der Waals surface area contributed by atoms with Crippen molar-refractivity contribution in [1.82, 2.24) is 5.32 Å². The highest BCUT2D eigenvalue weighted by molar-refractivity contribution is 6.39. The van der Waals surface area contributed by atoms with Gasteiger partial charge >= 0.3 is 11.8 Å². The number of amides is 2. The predicted molar refractivity (Wildman–Crippen MR) is 92.3 cm³/mol. The van der Waals surface area contributed by atoms with Gasteiger partial charge in [-0.25, -0.2) is 0 Å². The molecule has 1 unspecified atom stereocenters. The molecule has 0 aliphatic carbocycles. The molecule has 1 atom stereocenters. The molecule has 1 aromatic rings. The van der Waals surface area contributed by atoms with Crippen LogP contribution < -0.4 is 10.6 Å². The fourth-order valence-electron chi connectivity index (χ4n) is 2.52. The van der Waals surface area contributed by atoms with Gasteiger partial charge < -0.3 is 15.7 Å². The summed E-state index contributed by atoms with van der Waals surface area (Å²) < 4.78 is 0. The lowest BCUT2D eigenvalue weighted by Gasteiger charge is -2.21. The van der Waals surface area contributed by atoms with Crippen LogP contribution in [0.3, 0.4) is 0 Å². The van der Waals surface area contributed by atoms with Gasteiger partial charge in [-0.15, -0.1) is 0 Å². The second-order valence-electron chi connectivity index (χ2n) is 5.95. The molecule has 0 fully saturated rings. The van der Waals surface area contributed by atoms with Gasteiger partial charge in [-0.2, -0.15) is 0 Å². The molecule has 0 bridgehead atoms. The molecule has 0 saturated carbocycles. The largest absolute Gasteiger partial charge is 0.396 e. The van der Waals surface area contributed by atoms with Crippen molar-refractivity contribution in [2.75, 3.05) is 11.9 Å². The van der Waals surface area contributed by atoms with Crippen LogP contribution in [0.2, 0.25) is 0 Å². The van der Waals surface area contributed by atoms with Gasteiger partial charge in [0.2, 0.25) is 0 Å². The first-order valence-electron chi connectivity index (χ1n) is 8.27. The summed E-state index contributed by atoms with van der Waals surface area (Å²) >= 11 is 0. The summed E-state index contributed by atoms with van der Waals surface area (Å²) in [5.74, 6) is -1.18. The summed E-state index contributed by atoms with van der Waals surface area (Å²) in [5.41, 5.74) is 2.77. The third-order valence-corrected chi connectivity index (χ3v) is 4.00. The lowest BCUT2D eigenvalue weighted by Crippen LogP contribution is -2.44. The highest BCUT2D eigenvalue weighted by atomic mass is 16.3. The fraction of sp³-hybridized carbons (Fsp3) is 0.556. The van der Waals surface area contributed by atoms with Crippen molar-refractivity contribution in [2.24, 2.45) is 5.92 Å². The van der Waals surface area contributed by atoms with Gasteiger partial charge in [-0.1, -0.05) is 45.9 Å². The van der Waals surface area contributed by atoms with Crippen molar-refractivity contribution in [2.45, 2.75) is 53.0 Å². The minimum Gasteiger partial charge on any atom is -0.396 e. The van der Waals surface area contributed by atoms with Gasteiger partial charge in [0, 0.05) is 18.3 Å². The summed E-state index contributed by atoms with van der Waals surface area (Å²) in [6.45, 7) is 7.89. The van der Waals surface area contributed by atoms with Crippen LogP contribution in [-0.4, -0.2) is 29.6 Å². The number of anilines is 1. The van der Waals surface area contributed by atoms with E-state index in [-0.39, 0.29) is 18.6 Å². The number of benzene rings is 1. The van der Waals surface area contributed by atoms with Gasteiger partial charge in [0.05, 0.1) is 0 Å². The van der Waals surface area contributed by atoms with Crippen LogP contribution in [0.4, 0.5) is 5.69 Å². The Hall–Kier alpha value is -1.88. The Morgan fingerprint density at radius 2 is 1.65 bits per heavy atom. The number of aliphatic hydroxyl groups excluding tert-OH is 1. The van der Waals surface area contributed by atoms with Crippen molar-refractivity contribution in [1.29, 1.82) is 0 Å². The quantitative estimate of drug-likeness (QED) is 0.674. The zero-order chi connectivity index (χ0) is 17.4. The van der Waals surface area contributed by atoms with E-state index in [4.69, 9.17) is 5.11 Å². The molecule has 128 valence electrons. The summed E-state index contributed by atoms with van der Waals surface area (Å²) in [5, 5.41) is 14.5. The number of hydrogen-bond acceptors (Lipinski definition) is 3. The molecule has 0 radical (unpaired) electrons. The lowest BCUT2D eigenvalue weighted by molar-refractivity contribution is -0.136. The van der Waals surface area contributed by atoms with Gasteiger partial charge in [-0.05, 0) is 36.3 Å². The van der Waals surface area contributed by atoms with E-state index < -0.39 is 11.8 Å². The number of hydrogen-bond donors (Lipinski definition) is 3. The van der Waals surface area contributed by atoms with Crippen LogP contribution in [0.25, 0.3) is 0 Å². The molecular formula is C18H28N2O3. The van der Waals surface area contributed by atoms with Crippen molar-refractivity contribution in [3.63, 3.8) is 0 Å². The second kappa shape index (κ2) is 9.30. The lowest BCUT2D eigenvalue weighted by atomic mass is 10.0. The molecule has 5 nitrogen and oxygen atoms in total. The molecule has 0 spiro atoms. The van der Waals surface area contributed by atoms with Gasteiger partial charge in [0.15, 0.2) is 0 Å². The maximum Gasteiger partial charge on any atom is 0.313 e. The number of carbonyl (C=O) groups excluding carboxylic acids is 2. The maximum atomic E-state index is 12.2. The standard InChI is InChI=1S/C18H28N2O3/c1-5-13-8-7-9-14(6-2)16(13)20-18(23)17(22)19-15(10-11-21)12(3)4/h7-9,12,15,21H,5-6,10-11H2,1-4H3,(H,19,22)(H,20,23). The van der Waals surface area contributed by atoms with Crippen LogP contribution in [0.5, 0.6) is 0 Å². The SMILES string of the molecule is CCc1cccc(CC)c1NC(=O)C(=O)NC(CCO)C(C)C. The van der Waals surface area contributed by atoms with Gasteiger partial charge in [-0.3, -0.25) is 9.59 Å². The molecule has 2 amide bonds. The highest BCUT2D eigenvalue weighted by Gasteiger charge is 2.22. The minimum atomic E-state index is -0.663. The summed E-state index contributed by atoms with van der Waals surface area (Å²) in [6, 6.07) is 5.65. The number of nitrogens with one attached hydrogen (secondary N) is 2. The van der Waals surface area contributed by atoms with E-state index in [9.17, 15) is 9.59 Å². The fourth-order valence-corrected chi connectivity index (χ4v) is 2.52. The minimum absolute atomic E-state index is 0.0244. The average molecular weight is 320 g/mol. The molecule has 1 aromatic carbocycles. The summed E-state index contributed by atoms with van der Waals surface area (Å²) in [7, 11) is 0. The molecule has 0 aliphatic heterocycles. The molecule has 0 aliphatic rings. The van der Waals surface area contributed by atoms with E-state index in [1.165, 1.54) is 0 Å². The van der Waals surface area contributed by atoms with Crippen LogP contribution in [0.1, 0.15) is 45.2 Å². The zero-order valence-corrected chi connectivity index (χ0v) is 14.5. The van der Waals surface area contributed by atoms with Crippen molar-refractivity contribution in [3.8, 4) is 0 Å². The molecule has 0 aromatic heterocycles. The van der Waals surface area contributed by atoms with E-state index in [1.54, 1.807) is 0 Å². The summed E-state index contributed by atoms with van der Waals surface area (Å²) in [6.07, 6.45) is 2.00. The van der Waals surface area contributed by atoms with E-state index in [0.29, 0.717) is 6.42 Å². The first-order valence-corrected chi connectivity index (χ1v) is 8.27. The van der Waals surface area contributed by atoms with Crippen LogP contribution in [0.15, 0.2) is 18.2 Å². The van der Waals surface area contributed by atoms with E-state index >= 15 is 0 Å². The number of rotatable bonds is 7. The van der Waals surface area contributed by atoms with Crippen molar-refractivity contribution < 1.29 is 14.7 Å². The Labute approximate surface area is 138 Å². The van der Waals surface area contributed by atoms with Crippen molar-refractivity contribution in [3.05, 3.63) is 29.3 Å². The molecule has 0 saturated heterocycles. The smallest absolute Gasteiger partial charge is 0.313 e. The zero-order valence-electron chi connectivity index (χ0n) is 14.5. The molecule has 5 heteroatoms. The Kier molecular flexibility index (Phi) is 7.75.